The Bertz CT molecular complexity index is 1060. The lowest BCUT2D eigenvalue weighted by atomic mass is 9.49. The summed E-state index contributed by atoms with van der Waals surface area (Å²) < 4.78 is 87.7. The molecule has 1 unspecified atom stereocenters. The minimum atomic E-state index is -2.92. The quantitative estimate of drug-likeness (QED) is 0.881. The van der Waals surface area contributed by atoms with Gasteiger partial charge in [0.25, 0.3) is 0 Å². The number of rotatable bonds is 2. The van der Waals surface area contributed by atoms with Crippen molar-refractivity contribution in [2.75, 3.05) is 20.6 Å². The van der Waals surface area contributed by atoms with E-state index < -0.39 is 48.6 Å². The first-order chi connectivity index (χ1) is 14.8. The summed E-state index contributed by atoms with van der Waals surface area (Å²) in [5, 5.41) is 5.21. The van der Waals surface area contributed by atoms with E-state index in [0.717, 1.165) is 0 Å². The molecule has 1 aromatic rings. The molecule has 2 bridgehead atoms. The van der Waals surface area contributed by atoms with Crippen molar-refractivity contribution in [2.24, 2.45) is 0 Å². The normalized spacial score (nSPS) is 52.1. The molecular formula is C18H21NO4. The first-order valence-corrected chi connectivity index (χ1v) is 7.61. The highest BCUT2D eigenvalue weighted by atomic mass is 16.5. The number of benzene rings is 1. The Hall–Kier alpha value is -1.59. The summed E-state index contributed by atoms with van der Waals surface area (Å²) in [6.07, 6.45) is -4.68. The molecule has 2 aliphatic heterocycles. The molecule has 122 valence electrons. The number of Topliss-reactive ketones (excluding diaryl/α,β-unsaturated/α-hetero) is 1. The highest BCUT2D eigenvalue weighted by molar-refractivity contribution is 5.90. The monoisotopic (exact) mass is 324 g/mol. The maximum Gasteiger partial charge on any atom is 0.211 e. The molecule has 1 aromatic carbocycles. The number of likely N-dealkylation sites (tertiary alicyclic amines) is 1. The highest BCUT2D eigenvalue weighted by Crippen LogP contribution is 2.64. The van der Waals surface area contributed by atoms with Crippen LogP contribution in [0.15, 0.2) is 12.1 Å². The maximum absolute atomic E-state index is 13.0. The Morgan fingerprint density at radius 1 is 1.65 bits per heavy atom. The van der Waals surface area contributed by atoms with E-state index in [1.54, 1.807) is 0 Å². The van der Waals surface area contributed by atoms with Gasteiger partial charge in [-0.2, -0.15) is 0 Å². The van der Waals surface area contributed by atoms with Crippen molar-refractivity contribution in [3.63, 3.8) is 0 Å². The van der Waals surface area contributed by atoms with Gasteiger partial charge < -0.3 is 19.5 Å². The standard InChI is InChI=1S/C18H21NO4/c1-19-8-7-17-14-10-3-4-12(22-2)15(14)23-16(17)11(20)5-6-18(17,21)13(19)9-10/h3-4,13,16,21H,5-9H2,1-2H3/t13-,16?,17+,18-/m1/s1/i1D3,3D,4D,9D2,13D,21D. The van der Waals surface area contributed by atoms with Gasteiger partial charge in [-0.05, 0) is 44.3 Å². The van der Waals surface area contributed by atoms with Crippen LogP contribution in [0.4, 0.5) is 0 Å². The van der Waals surface area contributed by atoms with Crippen molar-refractivity contribution in [1.82, 2.24) is 4.90 Å². The number of hydrogen-bond acceptors (Lipinski definition) is 5. The largest absolute Gasteiger partial charge is 0.493 e. The molecular weight excluding hydrogens is 294 g/mol. The second kappa shape index (κ2) is 4.08. The van der Waals surface area contributed by atoms with E-state index in [1.165, 1.54) is 7.11 Å². The predicted octanol–water partition coefficient (Wildman–Crippen LogP) is 1.05. The summed E-state index contributed by atoms with van der Waals surface area (Å²) in [7, 11) is 1.26. The van der Waals surface area contributed by atoms with E-state index in [-0.39, 0.29) is 54.2 Å². The molecule has 5 heteroatoms. The van der Waals surface area contributed by atoms with Gasteiger partial charge in [0, 0.05) is 24.9 Å². The molecule has 5 nitrogen and oxygen atoms in total. The molecule has 1 N–H and O–H groups in total. The van der Waals surface area contributed by atoms with Crippen LogP contribution in [0.1, 0.15) is 41.4 Å². The molecule has 4 atom stereocenters. The van der Waals surface area contributed by atoms with Gasteiger partial charge in [0.15, 0.2) is 23.4 Å². The fourth-order valence-electron chi connectivity index (χ4n) is 4.69. The van der Waals surface area contributed by atoms with Crippen LogP contribution in [0.3, 0.4) is 0 Å². The van der Waals surface area contributed by atoms with Crippen molar-refractivity contribution in [1.29, 1.82) is 1.43 Å². The third-order valence-corrected chi connectivity index (χ3v) is 5.68. The van der Waals surface area contributed by atoms with Crippen LogP contribution < -0.4 is 9.47 Å². The third-order valence-electron chi connectivity index (χ3n) is 5.68. The van der Waals surface area contributed by atoms with Crippen LogP contribution in [-0.4, -0.2) is 55.6 Å². The zero-order valence-corrected chi connectivity index (χ0v) is 12.5. The SMILES string of the molecule is [2H]O[C@@]12CCC(=O)C3Oc4c(OC)c([2H])c([2H])c5c4[C@@]31CCN(C([2H])([2H])[2H])[C@]2([2H])C5([2H])[2H]. The Labute approximate surface area is 147 Å². The number of carbonyl (C=O) groups is 1. The van der Waals surface area contributed by atoms with Crippen molar-refractivity contribution in [3.8, 4) is 11.5 Å². The fraction of sp³-hybridized carbons (Fsp3) is 0.611. The molecule has 4 aliphatic rings. The maximum atomic E-state index is 13.0. The first kappa shape index (κ1) is 7.53. The molecule has 1 spiro atoms. The number of carbonyl (C=O) groups excluding carboxylic acids is 1. The molecule has 0 radical (unpaired) electrons. The first-order valence-electron chi connectivity index (χ1n) is 12.0. The molecule has 23 heavy (non-hydrogen) atoms. The number of piperidine rings is 1. The van der Waals surface area contributed by atoms with E-state index in [0.29, 0.717) is 4.90 Å². The van der Waals surface area contributed by atoms with E-state index >= 15 is 0 Å². The number of methoxy groups -OCH3 is 1. The second-order valence-corrected chi connectivity index (χ2v) is 6.50. The van der Waals surface area contributed by atoms with E-state index in [9.17, 15) is 6.17 Å². The number of likely N-dealkylation sites (N-methyl/N-ethyl adjacent to an activating group) is 1. The lowest BCUT2D eigenvalue weighted by molar-refractivity contribution is -0.185. The molecule has 2 heterocycles. The van der Waals surface area contributed by atoms with Crippen LogP contribution in [0.25, 0.3) is 0 Å². The van der Waals surface area contributed by atoms with Gasteiger partial charge in [0.2, 0.25) is 1.43 Å². The van der Waals surface area contributed by atoms with E-state index in [2.05, 4.69) is 0 Å². The Morgan fingerprint density at radius 2 is 2.57 bits per heavy atom. The summed E-state index contributed by atoms with van der Waals surface area (Å²) in [6.45, 7) is -3.20. The lowest BCUT2D eigenvalue weighted by Gasteiger charge is -2.62. The molecule has 1 saturated carbocycles. The highest BCUT2D eigenvalue weighted by Gasteiger charge is 2.72. The minimum absolute atomic E-state index is 0.0709. The van der Waals surface area contributed by atoms with Crippen molar-refractivity contribution >= 4 is 5.78 Å². The Morgan fingerprint density at radius 3 is 3.35 bits per heavy atom. The Balaban J connectivity index is 2.01. The number of nitrogens with zero attached hydrogens (tertiary/aromatic N) is 1. The van der Waals surface area contributed by atoms with Gasteiger partial charge >= 0.3 is 0 Å². The smallest absolute Gasteiger partial charge is 0.211 e. The van der Waals surface area contributed by atoms with Gasteiger partial charge in [-0.1, -0.05) is 6.04 Å². The average Bonchev–Trinajstić information content (AvgIpc) is 3.03. The molecule has 2 aliphatic carbocycles. The minimum Gasteiger partial charge on any atom is -0.493 e. The van der Waals surface area contributed by atoms with Gasteiger partial charge in [-0.15, -0.1) is 0 Å². The van der Waals surface area contributed by atoms with E-state index in [4.69, 9.17) is 25.6 Å². The fourth-order valence-corrected chi connectivity index (χ4v) is 4.69. The van der Waals surface area contributed by atoms with Crippen LogP contribution in [0.5, 0.6) is 11.5 Å². The molecule has 5 rings (SSSR count). The van der Waals surface area contributed by atoms with Crippen LogP contribution in [-0.2, 0) is 16.6 Å². The summed E-state index contributed by atoms with van der Waals surface area (Å²) in [4.78, 5) is 13.7. The molecule has 0 amide bonds. The van der Waals surface area contributed by atoms with Crippen molar-refractivity contribution in [2.45, 2.75) is 48.8 Å². The number of ether oxygens (including phenoxy) is 2. The zero-order chi connectivity index (χ0) is 23.6. The summed E-state index contributed by atoms with van der Waals surface area (Å²) in [5.74, 6) is -0.568. The second-order valence-electron chi connectivity index (χ2n) is 6.50. The summed E-state index contributed by atoms with van der Waals surface area (Å²) in [6, 6.07) is -3.78. The zero-order valence-electron chi connectivity index (χ0n) is 21.5. The van der Waals surface area contributed by atoms with Gasteiger partial charge in [0.05, 0.1) is 22.2 Å². The van der Waals surface area contributed by atoms with Crippen LogP contribution >= 0.6 is 0 Å². The molecule has 2 fully saturated rings. The number of ketones is 1. The van der Waals surface area contributed by atoms with Gasteiger partial charge in [0.1, 0.15) is 0 Å². The summed E-state index contributed by atoms with van der Waals surface area (Å²) in [5.41, 5.74) is -3.96. The van der Waals surface area contributed by atoms with Gasteiger partial charge in [-0.25, -0.2) is 0 Å². The van der Waals surface area contributed by atoms with Crippen LogP contribution in [0, 0.1) is 0 Å². The van der Waals surface area contributed by atoms with Crippen molar-refractivity contribution in [3.05, 3.63) is 23.2 Å². The number of hydrogen-bond donors (Lipinski definition) is 1. The molecule has 1 saturated heterocycles. The topological polar surface area (TPSA) is 59.0 Å². The molecule has 0 aromatic heterocycles. The lowest BCUT2D eigenvalue weighted by Crippen LogP contribution is -2.76. The summed E-state index contributed by atoms with van der Waals surface area (Å²) >= 11 is 0. The van der Waals surface area contributed by atoms with E-state index in [1.807, 2.05) is 0 Å². The number of aliphatic hydroxyl groups is 1. The van der Waals surface area contributed by atoms with Crippen LogP contribution in [0.2, 0.25) is 0 Å². The third kappa shape index (κ3) is 1.32. The van der Waals surface area contributed by atoms with Crippen molar-refractivity contribution < 1.29 is 30.3 Å². The van der Waals surface area contributed by atoms with Gasteiger partial charge in [-0.3, -0.25) is 4.79 Å². The Kier molecular flexibility index (Phi) is 1.34. The average molecular weight is 324 g/mol. The predicted molar refractivity (Wildman–Crippen MR) is 83.0 cm³/mol.